The first-order valence-corrected chi connectivity index (χ1v) is 10.2. The van der Waals surface area contributed by atoms with Gasteiger partial charge in [0.2, 0.25) is 5.91 Å². The molecule has 148 valence electrons. The number of carbonyl (C=O) groups excluding carboxylic acids is 1. The molecule has 1 aliphatic heterocycles. The molecule has 28 heavy (non-hydrogen) atoms. The van der Waals surface area contributed by atoms with Crippen molar-refractivity contribution in [2.75, 3.05) is 24.5 Å². The summed E-state index contributed by atoms with van der Waals surface area (Å²) in [5.41, 5.74) is 1.97. The molecule has 1 aliphatic rings. The minimum absolute atomic E-state index is 0.292. The Morgan fingerprint density at radius 1 is 1.25 bits per heavy atom. The molecule has 1 N–H and O–H groups in total. The summed E-state index contributed by atoms with van der Waals surface area (Å²) in [7, 11) is 0. The smallest absolute Gasteiger partial charge is 0.243 e. The summed E-state index contributed by atoms with van der Waals surface area (Å²) in [5.74, 6) is 0.484. The number of piperidine rings is 1. The summed E-state index contributed by atoms with van der Waals surface area (Å²) < 4.78 is 0. The fourth-order valence-corrected chi connectivity index (χ4v) is 4.00. The number of aromatic nitrogens is 2. The highest BCUT2D eigenvalue weighted by molar-refractivity contribution is 5.88. The zero-order valence-corrected chi connectivity index (χ0v) is 17.0. The highest BCUT2D eigenvalue weighted by atomic mass is 16.1. The van der Waals surface area contributed by atoms with Crippen molar-refractivity contribution in [3.8, 4) is 6.07 Å². The third kappa shape index (κ3) is 4.41. The minimum Gasteiger partial charge on any atom is -0.355 e. The van der Waals surface area contributed by atoms with Crippen LogP contribution in [0.4, 0.5) is 5.82 Å². The molecule has 2 heterocycles. The van der Waals surface area contributed by atoms with Gasteiger partial charge in [0.25, 0.3) is 0 Å². The second-order valence-electron chi connectivity index (χ2n) is 7.98. The van der Waals surface area contributed by atoms with Crippen LogP contribution in [0.5, 0.6) is 0 Å². The van der Waals surface area contributed by atoms with E-state index in [0.29, 0.717) is 35.4 Å². The van der Waals surface area contributed by atoms with E-state index in [1.54, 1.807) is 0 Å². The van der Waals surface area contributed by atoms with Gasteiger partial charge in [-0.25, -0.2) is 9.97 Å². The normalized spacial score (nSPS) is 20.6. The molecule has 0 saturated carbocycles. The van der Waals surface area contributed by atoms with E-state index in [9.17, 15) is 10.1 Å². The first kappa shape index (κ1) is 20.1. The van der Waals surface area contributed by atoms with Crippen LogP contribution in [0.3, 0.4) is 0 Å². The van der Waals surface area contributed by atoms with Crippen molar-refractivity contribution in [3.63, 3.8) is 0 Å². The number of fused-ring (bicyclic) bond motifs is 1. The van der Waals surface area contributed by atoms with Crippen LogP contribution in [0.15, 0.2) is 24.3 Å². The van der Waals surface area contributed by atoms with Crippen LogP contribution >= 0.6 is 0 Å². The van der Waals surface area contributed by atoms with E-state index < -0.39 is 5.92 Å². The second-order valence-corrected chi connectivity index (χ2v) is 7.98. The molecule has 0 aliphatic carbocycles. The van der Waals surface area contributed by atoms with Gasteiger partial charge in [-0.1, -0.05) is 39.3 Å². The zero-order chi connectivity index (χ0) is 20.1. The lowest BCUT2D eigenvalue weighted by Crippen LogP contribution is -2.40. The Labute approximate surface area is 167 Å². The van der Waals surface area contributed by atoms with E-state index in [1.807, 2.05) is 24.3 Å². The van der Waals surface area contributed by atoms with Gasteiger partial charge in [-0.3, -0.25) is 4.79 Å². The van der Waals surface area contributed by atoms with Gasteiger partial charge in [-0.05, 0) is 36.8 Å². The number of hydrogen-bond donors (Lipinski definition) is 1. The minimum atomic E-state index is -0.962. The molecule has 1 saturated heterocycles. The van der Waals surface area contributed by atoms with Crippen LogP contribution in [0, 0.1) is 23.2 Å². The number of amides is 1. The fourth-order valence-electron chi connectivity index (χ4n) is 4.00. The Morgan fingerprint density at radius 2 is 1.89 bits per heavy atom. The standard InChI is InChI=1S/C22H29N5O/c1-4-5-10-24-22(28)17(12-23)20-21(27-13-15(2)11-16(3)14-27)26-19-9-7-6-8-18(19)25-20/h6-9,15-17H,4-5,10-11,13-14H2,1-3H3,(H,24,28)/t15-,16-,17+/m0/s1. The van der Waals surface area contributed by atoms with E-state index in [1.165, 1.54) is 6.42 Å². The topological polar surface area (TPSA) is 81.9 Å². The lowest BCUT2D eigenvalue weighted by Gasteiger charge is -2.36. The predicted molar refractivity (Wildman–Crippen MR) is 111 cm³/mol. The third-order valence-corrected chi connectivity index (χ3v) is 5.24. The summed E-state index contributed by atoms with van der Waals surface area (Å²) in [6.45, 7) is 8.83. The number of anilines is 1. The van der Waals surface area contributed by atoms with E-state index in [2.05, 4.69) is 37.1 Å². The lowest BCUT2D eigenvalue weighted by atomic mass is 9.91. The molecule has 0 bridgehead atoms. The van der Waals surface area contributed by atoms with Gasteiger partial charge in [0.1, 0.15) is 5.69 Å². The van der Waals surface area contributed by atoms with Crippen molar-refractivity contribution < 1.29 is 4.79 Å². The quantitative estimate of drug-likeness (QED) is 0.775. The lowest BCUT2D eigenvalue weighted by molar-refractivity contribution is -0.121. The number of hydrogen-bond acceptors (Lipinski definition) is 5. The van der Waals surface area contributed by atoms with Gasteiger partial charge in [0, 0.05) is 19.6 Å². The molecule has 2 aromatic rings. The molecular formula is C22H29N5O. The van der Waals surface area contributed by atoms with Crippen molar-refractivity contribution in [1.29, 1.82) is 5.26 Å². The number of carbonyl (C=O) groups is 1. The highest BCUT2D eigenvalue weighted by Crippen LogP contribution is 2.31. The van der Waals surface area contributed by atoms with Crippen molar-refractivity contribution in [2.24, 2.45) is 11.8 Å². The van der Waals surface area contributed by atoms with Gasteiger partial charge < -0.3 is 10.2 Å². The molecule has 0 unspecified atom stereocenters. The predicted octanol–water partition coefficient (Wildman–Crippen LogP) is 3.64. The van der Waals surface area contributed by atoms with Gasteiger partial charge in [0.05, 0.1) is 17.1 Å². The maximum absolute atomic E-state index is 12.7. The van der Waals surface area contributed by atoms with Gasteiger partial charge in [-0.2, -0.15) is 5.26 Å². The molecule has 0 spiro atoms. The zero-order valence-electron chi connectivity index (χ0n) is 17.0. The van der Waals surface area contributed by atoms with Crippen LogP contribution in [0.1, 0.15) is 51.6 Å². The number of unbranched alkanes of at least 4 members (excludes halogenated alkanes) is 1. The van der Waals surface area contributed by atoms with E-state index >= 15 is 0 Å². The molecule has 1 aromatic heterocycles. The van der Waals surface area contributed by atoms with Crippen molar-refractivity contribution in [2.45, 2.75) is 46.0 Å². The Balaban J connectivity index is 2.03. The number of nitrogens with zero attached hydrogens (tertiary/aromatic N) is 4. The molecule has 3 atom stereocenters. The molecule has 1 aromatic carbocycles. The summed E-state index contributed by atoms with van der Waals surface area (Å²) >= 11 is 0. The summed E-state index contributed by atoms with van der Waals surface area (Å²) in [5, 5.41) is 12.7. The number of nitrogens with one attached hydrogen (secondary N) is 1. The van der Waals surface area contributed by atoms with Gasteiger partial charge in [0.15, 0.2) is 11.7 Å². The number of benzene rings is 1. The largest absolute Gasteiger partial charge is 0.355 e. The summed E-state index contributed by atoms with van der Waals surface area (Å²) in [4.78, 5) is 24.5. The highest BCUT2D eigenvalue weighted by Gasteiger charge is 2.31. The van der Waals surface area contributed by atoms with Crippen molar-refractivity contribution in [1.82, 2.24) is 15.3 Å². The maximum Gasteiger partial charge on any atom is 0.243 e. The Kier molecular flexibility index (Phi) is 6.45. The van der Waals surface area contributed by atoms with Crippen LogP contribution < -0.4 is 10.2 Å². The molecule has 6 nitrogen and oxygen atoms in total. The number of nitriles is 1. The van der Waals surface area contributed by atoms with Crippen LogP contribution in [-0.2, 0) is 4.79 Å². The van der Waals surface area contributed by atoms with Crippen molar-refractivity contribution in [3.05, 3.63) is 30.0 Å². The average molecular weight is 380 g/mol. The second kappa shape index (κ2) is 9.01. The van der Waals surface area contributed by atoms with E-state index in [0.717, 1.165) is 31.4 Å². The van der Waals surface area contributed by atoms with Crippen LogP contribution in [0.25, 0.3) is 11.0 Å². The van der Waals surface area contributed by atoms with Crippen LogP contribution in [0.2, 0.25) is 0 Å². The average Bonchev–Trinajstić information content (AvgIpc) is 2.67. The Hall–Kier alpha value is -2.68. The third-order valence-electron chi connectivity index (χ3n) is 5.24. The van der Waals surface area contributed by atoms with E-state index in [-0.39, 0.29) is 5.91 Å². The Bertz CT molecular complexity index is 865. The molecule has 1 fully saturated rings. The number of rotatable bonds is 6. The molecule has 6 heteroatoms. The molecule has 0 radical (unpaired) electrons. The van der Waals surface area contributed by atoms with Gasteiger partial charge >= 0.3 is 0 Å². The SMILES string of the molecule is CCCCNC(=O)[C@H](C#N)c1nc2ccccc2nc1N1C[C@@H](C)C[C@H](C)C1. The number of para-hydroxylation sites is 2. The van der Waals surface area contributed by atoms with Crippen molar-refractivity contribution >= 4 is 22.8 Å². The summed E-state index contributed by atoms with van der Waals surface area (Å²) in [6.07, 6.45) is 3.05. The fraction of sp³-hybridized carbons (Fsp3) is 0.545. The Morgan fingerprint density at radius 3 is 2.50 bits per heavy atom. The maximum atomic E-state index is 12.7. The first-order valence-electron chi connectivity index (χ1n) is 10.2. The van der Waals surface area contributed by atoms with Crippen LogP contribution in [-0.4, -0.2) is 35.5 Å². The molecule has 3 rings (SSSR count). The summed E-state index contributed by atoms with van der Waals surface area (Å²) in [6, 6.07) is 9.80. The molecular weight excluding hydrogens is 350 g/mol. The first-order chi connectivity index (χ1) is 13.5. The van der Waals surface area contributed by atoms with E-state index in [4.69, 9.17) is 9.97 Å². The molecule has 1 amide bonds. The monoisotopic (exact) mass is 379 g/mol. The van der Waals surface area contributed by atoms with Gasteiger partial charge in [-0.15, -0.1) is 0 Å².